The van der Waals surface area contributed by atoms with E-state index in [0.29, 0.717) is 23.2 Å². The minimum absolute atomic E-state index is 0.386. The third-order valence-electron chi connectivity index (χ3n) is 3.32. The molecule has 126 valence electrons. The molecular weight excluding hydrogens is 310 g/mol. The molecule has 25 heavy (non-hydrogen) atoms. The average molecular weight is 331 g/mol. The molecule has 1 aliphatic rings. The summed E-state index contributed by atoms with van der Waals surface area (Å²) in [5.41, 5.74) is 1.37. The topological polar surface area (TPSA) is 30.8 Å². The molecule has 0 spiro atoms. The highest BCUT2D eigenvalue weighted by Gasteiger charge is 2.25. The predicted octanol–water partition coefficient (Wildman–Crippen LogP) is 3.87. The first-order valence-electron chi connectivity index (χ1n) is 7.79. The van der Waals surface area contributed by atoms with Gasteiger partial charge in [0.15, 0.2) is 11.5 Å². The van der Waals surface area contributed by atoms with Gasteiger partial charge in [-0.1, -0.05) is 62.7 Å². The van der Waals surface area contributed by atoms with Gasteiger partial charge in [0.25, 0.3) is 5.95 Å². The van der Waals surface area contributed by atoms with E-state index in [4.69, 9.17) is 9.47 Å². The van der Waals surface area contributed by atoms with Gasteiger partial charge in [0.1, 0.15) is 5.71 Å². The third kappa shape index (κ3) is 4.58. The van der Waals surface area contributed by atoms with Crippen LogP contribution in [0.3, 0.4) is 0 Å². The van der Waals surface area contributed by atoms with Crippen molar-refractivity contribution in [2.24, 2.45) is 4.99 Å². The van der Waals surface area contributed by atoms with Crippen LogP contribution >= 0.6 is 0 Å². The van der Waals surface area contributed by atoms with Crippen LogP contribution in [0, 0.1) is 0 Å². The van der Waals surface area contributed by atoms with Crippen molar-refractivity contribution in [3.8, 4) is 0 Å². The zero-order chi connectivity index (χ0) is 18.2. The van der Waals surface area contributed by atoms with Crippen molar-refractivity contribution in [1.29, 1.82) is 0 Å². The number of hydrogen-bond acceptors (Lipinski definition) is 3. The number of rotatable bonds is 4. The van der Waals surface area contributed by atoms with E-state index in [2.05, 4.69) is 31.3 Å². The summed E-state index contributed by atoms with van der Waals surface area (Å²) in [6.07, 6.45) is 4.78. The largest absolute Gasteiger partial charge is 0.422 e. The molecule has 0 N–H and O–H groups in total. The molecule has 0 aliphatic carbocycles. The smallest absolute Gasteiger partial charge is 0.286 e. The maximum absolute atomic E-state index is 5.78. The molecule has 0 bridgehead atoms. The summed E-state index contributed by atoms with van der Waals surface area (Å²) in [5.74, 6) is 1.37. The van der Waals surface area contributed by atoms with E-state index >= 15 is 0 Å². The van der Waals surface area contributed by atoms with Gasteiger partial charge in [-0.2, -0.15) is 0 Å². The second kappa shape index (κ2) is 8.50. The van der Waals surface area contributed by atoms with E-state index in [9.17, 15) is 0 Å². The van der Waals surface area contributed by atoms with Gasteiger partial charge in [0, 0.05) is 11.8 Å². The molecule has 2 rings (SSSR count). The molecule has 0 saturated carbocycles. The fraction of sp³-hybridized carbons (Fsp3) is 0.0455. The van der Waals surface area contributed by atoms with Crippen molar-refractivity contribution < 1.29 is 9.47 Å². The Morgan fingerprint density at radius 3 is 2.36 bits per heavy atom. The Bertz CT molecular complexity index is 935. The number of hydrogen-bond donors (Lipinski definition) is 0. The molecule has 0 aromatic heterocycles. The van der Waals surface area contributed by atoms with Crippen LogP contribution in [-0.2, 0) is 9.47 Å². The highest BCUT2D eigenvalue weighted by Crippen LogP contribution is 2.28. The Balaban J connectivity index is 2.74. The molecule has 0 radical (unpaired) electrons. The molecule has 0 unspecified atom stereocenters. The van der Waals surface area contributed by atoms with Crippen molar-refractivity contribution in [1.82, 2.24) is 0 Å². The first-order chi connectivity index (χ1) is 12.1. The highest BCUT2D eigenvalue weighted by atomic mass is 16.7. The van der Waals surface area contributed by atoms with E-state index in [1.54, 1.807) is 12.2 Å². The SMILES string of the molecule is C=C/N=C(\C1=C(C=C)O/C(=C\C)O1)c1ccc(=C)ccccc(=C)c1. The third-order valence-corrected chi connectivity index (χ3v) is 3.32. The van der Waals surface area contributed by atoms with Gasteiger partial charge in [-0.25, -0.2) is 0 Å². The zero-order valence-corrected chi connectivity index (χ0v) is 14.4. The van der Waals surface area contributed by atoms with Crippen LogP contribution in [0.1, 0.15) is 12.5 Å². The lowest BCUT2D eigenvalue weighted by Gasteiger charge is -2.05. The van der Waals surface area contributed by atoms with Crippen molar-refractivity contribution >= 4 is 18.9 Å². The van der Waals surface area contributed by atoms with Gasteiger partial charge in [-0.05, 0) is 35.6 Å². The van der Waals surface area contributed by atoms with Crippen molar-refractivity contribution in [2.75, 3.05) is 0 Å². The lowest BCUT2D eigenvalue weighted by molar-refractivity contribution is 0.186. The van der Waals surface area contributed by atoms with Gasteiger partial charge in [-0.3, -0.25) is 4.99 Å². The van der Waals surface area contributed by atoms with Gasteiger partial charge >= 0.3 is 0 Å². The first-order valence-corrected chi connectivity index (χ1v) is 7.79. The minimum atomic E-state index is 0.386. The van der Waals surface area contributed by atoms with Gasteiger partial charge < -0.3 is 9.47 Å². The second-order valence-corrected chi connectivity index (χ2v) is 5.17. The van der Waals surface area contributed by atoms with E-state index in [-0.39, 0.29) is 0 Å². The molecule has 1 aromatic carbocycles. The predicted molar refractivity (Wildman–Crippen MR) is 104 cm³/mol. The van der Waals surface area contributed by atoms with Gasteiger partial charge in [0.05, 0.1) is 0 Å². The van der Waals surface area contributed by atoms with Crippen LogP contribution in [0.15, 0.2) is 96.4 Å². The first kappa shape index (κ1) is 18.0. The maximum Gasteiger partial charge on any atom is 0.286 e. The zero-order valence-electron chi connectivity index (χ0n) is 14.4. The fourth-order valence-corrected chi connectivity index (χ4v) is 2.15. The number of aliphatic imine (C=N–C) groups is 1. The van der Waals surface area contributed by atoms with Crippen molar-refractivity contribution in [3.05, 3.63) is 107 Å². The van der Waals surface area contributed by atoms with Crippen molar-refractivity contribution in [3.63, 3.8) is 0 Å². The molecule has 1 heterocycles. The highest BCUT2D eigenvalue weighted by molar-refractivity contribution is 6.12. The Morgan fingerprint density at radius 2 is 1.72 bits per heavy atom. The minimum Gasteiger partial charge on any atom is -0.422 e. The van der Waals surface area contributed by atoms with Crippen LogP contribution < -0.4 is 10.4 Å². The molecule has 0 amide bonds. The monoisotopic (exact) mass is 331 g/mol. The molecule has 0 atom stereocenters. The molecule has 0 saturated heterocycles. The maximum atomic E-state index is 5.78. The molecular formula is C22H21NO2. The molecule has 0 fully saturated rings. The van der Waals surface area contributed by atoms with E-state index < -0.39 is 0 Å². The van der Waals surface area contributed by atoms with Crippen LogP contribution in [0.4, 0.5) is 0 Å². The van der Waals surface area contributed by atoms with Crippen LogP contribution in [0.25, 0.3) is 13.2 Å². The van der Waals surface area contributed by atoms with E-state index in [0.717, 1.165) is 16.0 Å². The second-order valence-electron chi connectivity index (χ2n) is 5.17. The Morgan fingerprint density at radius 1 is 1.00 bits per heavy atom. The summed E-state index contributed by atoms with van der Waals surface area (Å²) < 4.78 is 11.4. The van der Waals surface area contributed by atoms with Crippen LogP contribution in [0.5, 0.6) is 0 Å². The standard InChI is InChI=1S/C22H21NO2/c1-6-19-22(25-20(7-2)24-19)21(23-8-3)18-14-13-16(4)11-9-10-12-17(5)15-18/h6-15H,1,3-5H2,2H3/b11-9?,12-10?,14-13?,18-15?,20-7+,23-21-. The normalized spacial score (nSPS) is 15.2. The Labute approximate surface area is 148 Å². The Hall–Kier alpha value is -3.33. The number of nitrogens with zero attached hydrogens (tertiary/aromatic N) is 1. The summed E-state index contributed by atoms with van der Waals surface area (Å²) in [6, 6.07) is 13.4. The quantitative estimate of drug-likeness (QED) is 0.784. The average Bonchev–Trinajstić information content (AvgIpc) is 3.03. The Kier molecular flexibility index (Phi) is 6.13. The molecule has 1 aliphatic heterocycles. The lowest BCUT2D eigenvalue weighted by Crippen LogP contribution is -2.09. The van der Waals surface area contributed by atoms with Crippen LogP contribution in [0.2, 0.25) is 0 Å². The molecule has 3 heteroatoms. The van der Waals surface area contributed by atoms with Gasteiger partial charge in [0.2, 0.25) is 0 Å². The molecule has 1 aromatic rings. The van der Waals surface area contributed by atoms with E-state index in [1.165, 1.54) is 6.20 Å². The summed E-state index contributed by atoms with van der Waals surface area (Å²) >= 11 is 0. The van der Waals surface area contributed by atoms with Gasteiger partial charge in [-0.15, -0.1) is 0 Å². The summed E-state index contributed by atoms with van der Waals surface area (Å²) in [4.78, 5) is 4.39. The summed E-state index contributed by atoms with van der Waals surface area (Å²) in [7, 11) is 0. The number of allylic oxidation sites excluding steroid dienone is 3. The van der Waals surface area contributed by atoms with E-state index in [1.807, 2.05) is 49.4 Å². The molecule has 3 nitrogen and oxygen atoms in total. The van der Waals surface area contributed by atoms with Crippen LogP contribution in [-0.4, -0.2) is 5.71 Å². The summed E-state index contributed by atoms with van der Waals surface area (Å²) in [5, 5.41) is 1.68. The van der Waals surface area contributed by atoms with Crippen molar-refractivity contribution in [2.45, 2.75) is 6.92 Å². The number of ether oxygens (including phenoxy) is 2. The fourth-order valence-electron chi connectivity index (χ4n) is 2.15. The summed E-state index contributed by atoms with van der Waals surface area (Å²) in [6.45, 7) is 17.3. The lowest BCUT2D eigenvalue weighted by atomic mass is 10.1.